The maximum Gasteiger partial charge on any atom is 0.310 e. The average Bonchev–Trinajstić information content (AvgIpc) is 2.23. The third-order valence-electron chi connectivity index (χ3n) is 1.97. The number of ether oxygens (including phenoxy) is 1. The molecule has 1 aromatic heterocycles. The molecule has 0 bridgehead atoms. The van der Waals surface area contributed by atoms with Gasteiger partial charge in [-0.15, -0.1) is 0 Å². The molecule has 17 heavy (non-hydrogen) atoms. The van der Waals surface area contributed by atoms with Gasteiger partial charge < -0.3 is 4.74 Å². The molecule has 0 unspecified atom stereocenters. The number of rotatable bonds is 4. The molecular formula is C10H9BrF2INO2. The number of pyridine rings is 1. The number of esters is 1. The van der Waals surface area contributed by atoms with Crippen LogP contribution in [0, 0.1) is 3.70 Å². The van der Waals surface area contributed by atoms with Gasteiger partial charge in [0, 0.05) is 10.7 Å². The summed E-state index contributed by atoms with van der Waals surface area (Å²) in [4.78, 5) is 15.2. The van der Waals surface area contributed by atoms with Crippen molar-refractivity contribution in [2.45, 2.75) is 19.8 Å². The van der Waals surface area contributed by atoms with Crippen LogP contribution in [0.15, 0.2) is 10.7 Å². The maximum atomic E-state index is 12.9. The minimum Gasteiger partial charge on any atom is -0.466 e. The highest BCUT2D eigenvalue weighted by Crippen LogP contribution is 2.31. The molecule has 1 heterocycles. The van der Waals surface area contributed by atoms with Gasteiger partial charge in [0.15, 0.2) is 0 Å². The lowest BCUT2D eigenvalue weighted by Gasteiger charge is -2.11. The number of aromatic nitrogens is 1. The molecule has 0 radical (unpaired) electrons. The van der Waals surface area contributed by atoms with Crippen LogP contribution in [-0.2, 0) is 16.0 Å². The van der Waals surface area contributed by atoms with Crippen molar-refractivity contribution in [2.75, 3.05) is 6.61 Å². The molecule has 7 heteroatoms. The Labute approximate surface area is 119 Å². The lowest BCUT2D eigenvalue weighted by atomic mass is 10.1. The number of hydrogen-bond donors (Lipinski definition) is 0. The quantitative estimate of drug-likeness (QED) is 0.426. The maximum absolute atomic E-state index is 12.9. The first-order chi connectivity index (χ1) is 7.97. The topological polar surface area (TPSA) is 39.2 Å². The SMILES string of the molecule is CCOC(=O)Cc1c(Br)cnc(I)c1C(F)F. The van der Waals surface area contributed by atoms with Gasteiger partial charge in [-0.1, -0.05) is 0 Å². The van der Waals surface area contributed by atoms with Crippen LogP contribution in [0.25, 0.3) is 0 Å². The predicted octanol–water partition coefficient (Wildman–Crippen LogP) is 3.49. The van der Waals surface area contributed by atoms with E-state index >= 15 is 0 Å². The summed E-state index contributed by atoms with van der Waals surface area (Å²) in [5.74, 6) is -0.530. The smallest absolute Gasteiger partial charge is 0.310 e. The number of carbonyl (C=O) groups excluding carboxylic acids is 1. The van der Waals surface area contributed by atoms with Crippen molar-refractivity contribution in [3.8, 4) is 0 Å². The zero-order valence-corrected chi connectivity index (χ0v) is 12.6. The molecule has 0 atom stereocenters. The Balaban J connectivity index is 3.12. The normalized spacial score (nSPS) is 10.7. The Morgan fingerprint density at radius 2 is 2.29 bits per heavy atom. The van der Waals surface area contributed by atoms with Crippen molar-refractivity contribution in [1.29, 1.82) is 0 Å². The second-order valence-corrected chi connectivity index (χ2v) is 4.95. The molecule has 0 aliphatic heterocycles. The summed E-state index contributed by atoms with van der Waals surface area (Å²) in [5, 5.41) is 0. The largest absolute Gasteiger partial charge is 0.466 e. The zero-order chi connectivity index (χ0) is 13.0. The van der Waals surface area contributed by atoms with E-state index in [1.165, 1.54) is 6.20 Å². The number of alkyl halides is 2. The van der Waals surface area contributed by atoms with Gasteiger partial charge in [-0.3, -0.25) is 4.79 Å². The molecule has 0 aromatic carbocycles. The van der Waals surface area contributed by atoms with Crippen molar-refractivity contribution >= 4 is 44.5 Å². The highest BCUT2D eigenvalue weighted by molar-refractivity contribution is 14.1. The molecule has 0 aliphatic rings. The Bertz CT molecular complexity index is 429. The Morgan fingerprint density at radius 1 is 1.65 bits per heavy atom. The lowest BCUT2D eigenvalue weighted by molar-refractivity contribution is -0.142. The Hall–Kier alpha value is -0.310. The van der Waals surface area contributed by atoms with Crippen LogP contribution in [0.3, 0.4) is 0 Å². The first kappa shape index (κ1) is 14.7. The Morgan fingerprint density at radius 3 is 2.82 bits per heavy atom. The lowest BCUT2D eigenvalue weighted by Crippen LogP contribution is -2.11. The van der Waals surface area contributed by atoms with Crippen LogP contribution in [0.2, 0.25) is 0 Å². The van der Waals surface area contributed by atoms with Gasteiger partial charge in [-0.25, -0.2) is 13.8 Å². The molecule has 0 spiro atoms. The van der Waals surface area contributed by atoms with Gasteiger partial charge in [-0.05, 0) is 51.0 Å². The molecule has 1 rings (SSSR count). The van der Waals surface area contributed by atoms with Crippen molar-refractivity contribution in [3.05, 3.63) is 25.5 Å². The van der Waals surface area contributed by atoms with E-state index in [1.54, 1.807) is 29.5 Å². The van der Waals surface area contributed by atoms with Gasteiger partial charge in [0.2, 0.25) is 0 Å². The summed E-state index contributed by atoms with van der Waals surface area (Å²) < 4.78 is 31.1. The standard InChI is InChI=1S/C10H9BrF2INO2/c1-2-17-7(16)3-5-6(11)4-15-10(14)8(5)9(12)13/h4,9H,2-3H2,1H3. The third kappa shape index (κ3) is 3.84. The van der Waals surface area contributed by atoms with Gasteiger partial charge in [0.1, 0.15) is 3.70 Å². The van der Waals surface area contributed by atoms with E-state index in [9.17, 15) is 13.6 Å². The van der Waals surface area contributed by atoms with Gasteiger partial charge in [-0.2, -0.15) is 0 Å². The molecule has 1 aromatic rings. The van der Waals surface area contributed by atoms with Crippen molar-refractivity contribution in [3.63, 3.8) is 0 Å². The molecule has 0 saturated heterocycles. The second kappa shape index (κ2) is 6.58. The van der Waals surface area contributed by atoms with Crippen LogP contribution in [0.1, 0.15) is 24.5 Å². The number of halogens is 4. The van der Waals surface area contributed by atoms with Crippen LogP contribution in [-0.4, -0.2) is 17.6 Å². The van der Waals surface area contributed by atoms with E-state index in [2.05, 4.69) is 20.9 Å². The second-order valence-electron chi connectivity index (χ2n) is 3.07. The summed E-state index contributed by atoms with van der Waals surface area (Å²) in [6, 6.07) is 0. The van der Waals surface area contributed by atoms with Crippen LogP contribution in [0.5, 0.6) is 0 Å². The van der Waals surface area contributed by atoms with E-state index in [-0.39, 0.29) is 27.9 Å². The van der Waals surface area contributed by atoms with Gasteiger partial charge >= 0.3 is 5.97 Å². The molecule has 0 aliphatic carbocycles. The monoisotopic (exact) mass is 419 g/mol. The summed E-state index contributed by atoms with van der Waals surface area (Å²) in [6.07, 6.45) is -1.45. The zero-order valence-electron chi connectivity index (χ0n) is 8.84. The predicted molar refractivity (Wildman–Crippen MR) is 69.9 cm³/mol. The van der Waals surface area contributed by atoms with Crippen molar-refractivity contribution in [2.24, 2.45) is 0 Å². The van der Waals surface area contributed by atoms with E-state index in [1.807, 2.05) is 0 Å². The molecule has 0 fully saturated rings. The minimum atomic E-state index is -2.67. The highest BCUT2D eigenvalue weighted by Gasteiger charge is 2.22. The highest BCUT2D eigenvalue weighted by atomic mass is 127. The van der Waals surface area contributed by atoms with E-state index in [0.717, 1.165) is 0 Å². The van der Waals surface area contributed by atoms with Crippen LogP contribution in [0.4, 0.5) is 8.78 Å². The number of hydrogen-bond acceptors (Lipinski definition) is 3. The fourth-order valence-corrected chi connectivity index (χ4v) is 2.43. The summed E-state index contributed by atoms with van der Waals surface area (Å²) >= 11 is 4.84. The third-order valence-corrected chi connectivity index (χ3v) is 3.51. The van der Waals surface area contributed by atoms with Gasteiger partial charge in [0.05, 0.1) is 18.6 Å². The number of carbonyl (C=O) groups is 1. The van der Waals surface area contributed by atoms with Crippen molar-refractivity contribution < 1.29 is 18.3 Å². The Kier molecular flexibility index (Phi) is 5.71. The van der Waals surface area contributed by atoms with E-state index < -0.39 is 12.4 Å². The van der Waals surface area contributed by atoms with Gasteiger partial charge in [0.25, 0.3) is 6.43 Å². The molecular weight excluding hydrogens is 411 g/mol. The van der Waals surface area contributed by atoms with E-state index in [0.29, 0.717) is 4.47 Å². The molecule has 3 nitrogen and oxygen atoms in total. The molecule has 94 valence electrons. The first-order valence-corrected chi connectivity index (χ1v) is 6.61. The fourth-order valence-electron chi connectivity index (χ4n) is 1.27. The molecule has 0 N–H and O–H groups in total. The van der Waals surface area contributed by atoms with Crippen LogP contribution < -0.4 is 0 Å². The number of nitrogens with zero attached hydrogens (tertiary/aromatic N) is 1. The van der Waals surface area contributed by atoms with Crippen LogP contribution >= 0.6 is 38.5 Å². The first-order valence-electron chi connectivity index (χ1n) is 4.73. The van der Waals surface area contributed by atoms with Crippen molar-refractivity contribution in [1.82, 2.24) is 4.98 Å². The minimum absolute atomic E-state index is 0.188. The molecule has 0 saturated carbocycles. The summed E-state index contributed by atoms with van der Waals surface area (Å²) in [6.45, 7) is 1.89. The summed E-state index contributed by atoms with van der Waals surface area (Å²) in [5.41, 5.74) is 0.0193. The average molecular weight is 420 g/mol. The summed E-state index contributed by atoms with van der Waals surface area (Å²) in [7, 11) is 0. The fraction of sp³-hybridized carbons (Fsp3) is 0.400. The van der Waals surface area contributed by atoms with E-state index in [4.69, 9.17) is 4.74 Å². The molecule has 0 amide bonds.